The molecule has 5 nitrogen and oxygen atoms in total. The fourth-order valence-electron chi connectivity index (χ4n) is 3.33. The average molecular weight is 348 g/mol. The lowest BCUT2D eigenvalue weighted by Gasteiger charge is -2.26. The molecule has 1 aromatic carbocycles. The van der Waals surface area contributed by atoms with E-state index in [1.54, 1.807) is 0 Å². The first-order chi connectivity index (χ1) is 12.0. The average Bonchev–Trinajstić information content (AvgIpc) is 3.19. The largest absolute Gasteiger partial charge is 0.322 e. The third kappa shape index (κ3) is 3.81. The van der Waals surface area contributed by atoms with Crippen molar-refractivity contribution in [3.8, 4) is 0 Å². The maximum Gasteiger partial charge on any atom is 0.322 e. The van der Waals surface area contributed by atoms with E-state index in [-0.39, 0.29) is 12.1 Å². The number of aryl methyl sites for hydroxylation is 1. The van der Waals surface area contributed by atoms with Crippen LogP contribution in [0.25, 0.3) is 0 Å². The molecule has 2 amide bonds. The lowest BCUT2D eigenvalue weighted by Crippen LogP contribution is -2.34. The highest BCUT2D eigenvalue weighted by atomic mass is 19.3. The third-order valence-electron chi connectivity index (χ3n) is 4.73. The predicted octanol–water partition coefficient (Wildman–Crippen LogP) is 4.13. The Hall–Kier alpha value is -2.44. The molecule has 25 heavy (non-hydrogen) atoms. The zero-order chi connectivity index (χ0) is 18.0. The monoisotopic (exact) mass is 348 g/mol. The van der Waals surface area contributed by atoms with Crippen molar-refractivity contribution in [1.29, 1.82) is 0 Å². The Balaban J connectivity index is 1.72. The fourth-order valence-corrected chi connectivity index (χ4v) is 3.33. The second kappa shape index (κ2) is 7.21. The summed E-state index contributed by atoms with van der Waals surface area (Å²) in [7, 11) is 0. The van der Waals surface area contributed by atoms with Gasteiger partial charge in [0.05, 0.1) is 17.9 Å². The molecule has 2 aromatic rings. The summed E-state index contributed by atoms with van der Waals surface area (Å²) < 4.78 is 25.9. The number of carbonyl (C=O) groups is 1. The van der Waals surface area contributed by atoms with Crippen LogP contribution in [0.4, 0.5) is 19.3 Å². The molecule has 1 aliphatic rings. The van der Waals surface area contributed by atoms with Crippen LogP contribution in [0.15, 0.2) is 30.6 Å². The van der Waals surface area contributed by atoms with Gasteiger partial charge in [0.2, 0.25) is 0 Å². The smallest absolute Gasteiger partial charge is 0.317 e. The molecule has 1 N–H and O–H groups in total. The highest BCUT2D eigenvalue weighted by molar-refractivity contribution is 5.89. The van der Waals surface area contributed by atoms with Crippen LogP contribution in [0, 0.1) is 13.8 Å². The normalized spacial score (nSPS) is 17.3. The summed E-state index contributed by atoms with van der Waals surface area (Å²) in [6, 6.07) is 5.96. The minimum absolute atomic E-state index is 0.0380. The number of hydrogen-bond acceptors (Lipinski definition) is 2. The van der Waals surface area contributed by atoms with Gasteiger partial charge in [-0.15, -0.1) is 0 Å². The van der Waals surface area contributed by atoms with Gasteiger partial charge in [-0.3, -0.25) is 4.68 Å². The molecule has 1 aliphatic heterocycles. The van der Waals surface area contributed by atoms with Crippen LogP contribution in [0.5, 0.6) is 0 Å². The van der Waals surface area contributed by atoms with Gasteiger partial charge in [-0.1, -0.05) is 18.2 Å². The molecule has 0 spiro atoms. The first-order valence-corrected chi connectivity index (χ1v) is 8.40. The zero-order valence-corrected chi connectivity index (χ0v) is 14.4. The molecule has 1 aromatic heterocycles. The maximum atomic E-state index is 12.7. The van der Waals surface area contributed by atoms with E-state index in [4.69, 9.17) is 0 Å². The van der Waals surface area contributed by atoms with Crippen LogP contribution in [0.3, 0.4) is 0 Å². The lowest BCUT2D eigenvalue weighted by atomic mass is 9.96. The van der Waals surface area contributed by atoms with E-state index in [1.165, 1.54) is 29.1 Å². The number of alkyl halides is 2. The third-order valence-corrected chi connectivity index (χ3v) is 4.73. The van der Waals surface area contributed by atoms with E-state index in [0.29, 0.717) is 12.2 Å². The Kier molecular flexibility index (Phi) is 5.01. The van der Waals surface area contributed by atoms with Crippen molar-refractivity contribution in [2.24, 2.45) is 0 Å². The minimum Gasteiger partial charge on any atom is -0.317 e. The topological polar surface area (TPSA) is 50.2 Å². The molecule has 1 saturated heterocycles. The molecule has 1 atom stereocenters. The second-order valence-corrected chi connectivity index (χ2v) is 6.41. The quantitative estimate of drug-likeness (QED) is 0.903. The summed E-state index contributed by atoms with van der Waals surface area (Å²) in [6.45, 7) is 4.34. The first-order valence-electron chi connectivity index (χ1n) is 8.40. The van der Waals surface area contributed by atoms with Gasteiger partial charge < -0.3 is 10.2 Å². The number of halogens is 2. The van der Waals surface area contributed by atoms with Crippen molar-refractivity contribution in [2.75, 3.05) is 11.9 Å². The number of amides is 2. The first kappa shape index (κ1) is 17.4. The second-order valence-electron chi connectivity index (χ2n) is 6.41. The van der Waals surface area contributed by atoms with Crippen LogP contribution in [-0.4, -0.2) is 33.7 Å². The Morgan fingerprint density at radius 2 is 2.20 bits per heavy atom. The van der Waals surface area contributed by atoms with Crippen molar-refractivity contribution < 1.29 is 13.6 Å². The molecule has 0 saturated carbocycles. The summed E-state index contributed by atoms with van der Waals surface area (Å²) >= 11 is 0. The van der Waals surface area contributed by atoms with E-state index < -0.39 is 13.0 Å². The van der Waals surface area contributed by atoms with Crippen LogP contribution in [-0.2, 0) is 6.54 Å². The summed E-state index contributed by atoms with van der Waals surface area (Å²) in [5.74, 6) is 0. The van der Waals surface area contributed by atoms with Gasteiger partial charge in [-0.05, 0) is 43.4 Å². The standard InChI is InChI=1S/C18H22F2N4O/c1-12-5-3-6-15(13(12)2)16-7-4-8-24(16)18(25)22-14-9-21-23(10-14)11-17(19)20/h3,5-6,9-10,16-17H,4,7-8,11H2,1-2H3,(H,22,25). The fraction of sp³-hybridized carbons (Fsp3) is 0.444. The predicted molar refractivity (Wildman–Crippen MR) is 91.8 cm³/mol. The minimum atomic E-state index is -2.48. The molecule has 0 aliphatic carbocycles. The highest BCUT2D eigenvalue weighted by Gasteiger charge is 2.31. The maximum absolute atomic E-state index is 12.7. The number of likely N-dealkylation sites (tertiary alicyclic amines) is 1. The van der Waals surface area contributed by atoms with Crippen LogP contribution >= 0.6 is 0 Å². The van der Waals surface area contributed by atoms with Gasteiger partial charge >= 0.3 is 6.03 Å². The van der Waals surface area contributed by atoms with Crippen LogP contribution < -0.4 is 5.32 Å². The number of benzene rings is 1. The van der Waals surface area contributed by atoms with Gasteiger partial charge in [-0.25, -0.2) is 13.6 Å². The molecule has 1 fully saturated rings. The molecule has 134 valence electrons. The van der Waals surface area contributed by atoms with Gasteiger partial charge in [0, 0.05) is 12.7 Å². The SMILES string of the molecule is Cc1cccc(C2CCCN2C(=O)Nc2cnn(CC(F)F)c2)c1C. The molecule has 0 bridgehead atoms. The van der Waals surface area contributed by atoms with Crippen molar-refractivity contribution >= 4 is 11.7 Å². The van der Waals surface area contributed by atoms with Gasteiger partial charge in [0.1, 0.15) is 6.54 Å². The van der Waals surface area contributed by atoms with Gasteiger partial charge in [-0.2, -0.15) is 5.10 Å². The van der Waals surface area contributed by atoms with Crippen molar-refractivity contribution in [2.45, 2.75) is 45.7 Å². The summed E-state index contributed by atoms with van der Waals surface area (Å²) in [5, 5.41) is 6.61. The number of aromatic nitrogens is 2. The van der Waals surface area contributed by atoms with E-state index in [1.807, 2.05) is 11.0 Å². The molecule has 1 unspecified atom stereocenters. The number of nitrogens with zero attached hydrogens (tertiary/aromatic N) is 3. The number of hydrogen-bond donors (Lipinski definition) is 1. The lowest BCUT2D eigenvalue weighted by molar-refractivity contribution is 0.122. The Morgan fingerprint density at radius 1 is 1.40 bits per heavy atom. The molecule has 3 rings (SSSR count). The van der Waals surface area contributed by atoms with Crippen molar-refractivity contribution in [3.63, 3.8) is 0 Å². The van der Waals surface area contributed by atoms with Gasteiger partial charge in [0.15, 0.2) is 0 Å². The summed E-state index contributed by atoms with van der Waals surface area (Å²) in [6.07, 6.45) is 2.20. The van der Waals surface area contributed by atoms with Crippen molar-refractivity contribution in [1.82, 2.24) is 14.7 Å². The Labute approximate surface area is 145 Å². The van der Waals surface area contributed by atoms with Gasteiger partial charge in [0.25, 0.3) is 6.43 Å². The number of rotatable bonds is 4. The molecule has 0 radical (unpaired) electrons. The number of nitrogens with one attached hydrogen (secondary N) is 1. The summed E-state index contributed by atoms with van der Waals surface area (Å²) in [5.41, 5.74) is 4.01. The van der Waals surface area contributed by atoms with E-state index in [0.717, 1.165) is 17.5 Å². The van der Waals surface area contributed by atoms with E-state index in [2.05, 4.69) is 36.4 Å². The summed E-state index contributed by atoms with van der Waals surface area (Å²) in [4.78, 5) is 14.5. The molecular weight excluding hydrogens is 326 g/mol. The number of urea groups is 1. The molecule has 2 heterocycles. The number of anilines is 1. The molecular formula is C18H22F2N4O. The van der Waals surface area contributed by atoms with E-state index in [9.17, 15) is 13.6 Å². The Morgan fingerprint density at radius 3 is 2.96 bits per heavy atom. The van der Waals surface area contributed by atoms with E-state index >= 15 is 0 Å². The van der Waals surface area contributed by atoms with Crippen LogP contribution in [0.1, 0.15) is 35.6 Å². The highest BCUT2D eigenvalue weighted by Crippen LogP contribution is 2.34. The van der Waals surface area contributed by atoms with Crippen LogP contribution in [0.2, 0.25) is 0 Å². The zero-order valence-electron chi connectivity index (χ0n) is 14.4. The molecule has 7 heteroatoms. The number of carbonyl (C=O) groups excluding carboxylic acids is 1. The Bertz CT molecular complexity index is 759. The van der Waals surface area contributed by atoms with Crippen molar-refractivity contribution in [3.05, 3.63) is 47.3 Å².